The normalized spacial score (nSPS) is 21.8. The number of aliphatic hydroxyl groups excluding tert-OH is 2. The molecule has 1 aromatic carbocycles. The first-order valence-corrected chi connectivity index (χ1v) is 7.98. The summed E-state index contributed by atoms with van der Waals surface area (Å²) in [6.07, 6.45) is 2.08. The highest BCUT2D eigenvalue weighted by atomic mass is 35.5. The predicted octanol–water partition coefficient (Wildman–Crippen LogP) is 2.28. The van der Waals surface area contributed by atoms with Crippen LogP contribution in [0.5, 0.6) is 0 Å². The quantitative estimate of drug-likeness (QED) is 0.640. The Bertz CT molecular complexity index is 708. The average molecular weight is 369 g/mol. The number of aliphatic hydroxyl groups is 2. The van der Waals surface area contributed by atoms with Crippen LogP contribution in [0.25, 0.3) is 0 Å². The molecule has 3 N–H and O–H groups in total. The number of aromatic nitrogens is 2. The smallest absolute Gasteiger partial charge is 0.163 e. The number of halogens is 1. The van der Waals surface area contributed by atoms with Crippen LogP contribution in [0, 0.1) is 0 Å². The van der Waals surface area contributed by atoms with Crippen LogP contribution in [-0.2, 0) is 6.54 Å². The van der Waals surface area contributed by atoms with Crippen molar-refractivity contribution >= 4 is 35.7 Å². The topological polar surface area (TPSA) is 81.5 Å². The minimum absolute atomic E-state index is 0. The minimum atomic E-state index is -0.645. The van der Waals surface area contributed by atoms with Gasteiger partial charge in [0.2, 0.25) is 0 Å². The van der Waals surface area contributed by atoms with E-state index in [1.165, 1.54) is 0 Å². The van der Waals surface area contributed by atoms with Crippen molar-refractivity contribution in [2.45, 2.75) is 36.1 Å². The van der Waals surface area contributed by atoms with Gasteiger partial charge in [0.05, 0.1) is 17.9 Å². The fraction of sp³-hybridized carbons (Fsp3) is 0.375. The molecule has 1 fully saturated rings. The van der Waals surface area contributed by atoms with E-state index in [1.54, 1.807) is 24.2 Å². The highest BCUT2D eigenvalue weighted by Crippen LogP contribution is 2.42. The van der Waals surface area contributed by atoms with Crippen molar-refractivity contribution in [3.8, 4) is 0 Å². The summed E-state index contributed by atoms with van der Waals surface area (Å²) in [6.45, 7) is 1.73. The van der Waals surface area contributed by atoms with Crippen LogP contribution < -0.4 is 5.32 Å². The Hall–Kier alpha value is -1.38. The monoisotopic (exact) mass is 368 g/mol. The third-order valence-electron chi connectivity index (χ3n) is 3.91. The Morgan fingerprint density at radius 2 is 1.88 bits per heavy atom. The van der Waals surface area contributed by atoms with E-state index in [4.69, 9.17) is 0 Å². The highest BCUT2D eigenvalue weighted by molar-refractivity contribution is 7.99. The van der Waals surface area contributed by atoms with Crippen LogP contribution in [0.3, 0.4) is 0 Å². The van der Waals surface area contributed by atoms with E-state index in [0.717, 1.165) is 27.0 Å². The molecule has 24 heavy (non-hydrogen) atoms. The van der Waals surface area contributed by atoms with Crippen molar-refractivity contribution in [3.05, 3.63) is 36.2 Å². The number of hydrogen-bond acceptors (Lipinski definition) is 7. The van der Waals surface area contributed by atoms with Crippen LogP contribution in [0.1, 0.15) is 13.0 Å². The lowest BCUT2D eigenvalue weighted by Gasteiger charge is -2.21. The minimum Gasteiger partial charge on any atom is -0.389 e. The summed E-state index contributed by atoms with van der Waals surface area (Å²) in [5.41, 5.74) is 2.16. The fourth-order valence-electron chi connectivity index (χ4n) is 2.81. The Morgan fingerprint density at radius 3 is 2.62 bits per heavy atom. The van der Waals surface area contributed by atoms with E-state index in [9.17, 15) is 10.2 Å². The van der Waals surface area contributed by atoms with Crippen LogP contribution >= 0.6 is 24.2 Å². The van der Waals surface area contributed by atoms with E-state index in [2.05, 4.69) is 38.4 Å². The van der Waals surface area contributed by atoms with Crippen LogP contribution in [0.2, 0.25) is 0 Å². The van der Waals surface area contributed by atoms with Gasteiger partial charge in [0, 0.05) is 36.9 Å². The number of fused-ring (bicyclic) bond motifs is 2. The van der Waals surface area contributed by atoms with Gasteiger partial charge in [-0.3, -0.25) is 4.90 Å². The first-order chi connectivity index (χ1) is 10.7. The van der Waals surface area contributed by atoms with Crippen LogP contribution in [0.15, 0.2) is 40.5 Å². The average Bonchev–Trinajstić information content (AvgIpc) is 2.83. The van der Waals surface area contributed by atoms with Gasteiger partial charge in [-0.2, -0.15) is 0 Å². The zero-order valence-corrected chi connectivity index (χ0v) is 13.8. The molecule has 0 spiro atoms. The molecular weight excluding hydrogens is 348 g/mol. The van der Waals surface area contributed by atoms with Gasteiger partial charge in [-0.25, -0.2) is 9.97 Å². The number of nitrogens with one attached hydrogen (secondary N) is 1. The number of rotatable bonds is 2. The van der Waals surface area contributed by atoms with Gasteiger partial charge in [-0.15, -0.1) is 12.4 Å². The molecule has 0 bridgehead atoms. The van der Waals surface area contributed by atoms with Crippen molar-refractivity contribution in [2.24, 2.45) is 0 Å². The zero-order valence-electron chi connectivity index (χ0n) is 12.2. The molecule has 0 unspecified atom stereocenters. The number of hydrogen-bond donors (Lipinski definition) is 3. The SMILES string of the molecule is C.Cl.O[C@@H]1CN(Cc2ccc3c(c2)Nc2nccnc2S3)C[C@H]1O. The maximum absolute atomic E-state index is 9.62. The summed E-state index contributed by atoms with van der Waals surface area (Å²) < 4.78 is 0. The molecule has 2 aliphatic heterocycles. The van der Waals surface area contributed by atoms with Gasteiger partial charge in [0.15, 0.2) is 5.82 Å². The Kier molecular flexibility index (Phi) is 6.06. The molecule has 1 aromatic heterocycles. The molecule has 6 nitrogen and oxygen atoms in total. The first kappa shape index (κ1) is 19.0. The second-order valence-corrected chi connectivity index (χ2v) is 6.63. The molecule has 2 aromatic rings. The van der Waals surface area contributed by atoms with Gasteiger partial charge in [0.25, 0.3) is 0 Å². The van der Waals surface area contributed by atoms with Crippen LogP contribution in [0.4, 0.5) is 11.5 Å². The summed E-state index contributed by atoms with van der Waals surface area (Å²) in [5, 5.41) is 23.4. The lowest BCUT2D eigenvalue weighted by atomic mass is 10.2. The summed E-state index contributed by atoms with van der Waals surface area (Å²) in [6, 6.07) is 6.24. The third kappa shape index (κ3) is 3.65. The Balaban J connectivity index is 0.00000104. The van der Waals surface area contributed by atoms with Gasteiger partial charge >= 0.3 is 0 Å². The van der Waals surface area contributed by atoms with E-state index in [-0.39, 0.29) is 19.8 Å². The van der Waals surface area contributed by atoms with E-state index >= 15 is 0 Å². The van der Waals surface area contributed by atoms with Crippen molar-refractivity contribution < 1.29 is 10.2 Å². The highest BCUT2D eigenvalue weighted by Gasteiger charge is 2.29. The number of nitrogens with zero attached hydrogens (tertiary/aromatic N) is 3. The zero-order chi connectivity index (χ0) is 15.1. The van der Waals surface area contributed by atoms with Crippen molar-refractivity contribution in [3.63, 3.8) is 0 Å². The molecule has 3 heterocycles. The third-order valence-corrected chi connectivity index (χ3v) is 4.98. The second kappa shape index (κ2) is 7.67. The molecule has 1 saturated heterocycles. The van der Waals surface area contributed by atoms with Crippen molar-refractivity contribution in [2.75, 3.05) is 18.4 Å². The molecule has 2 atom stereocenters. The van der Waals surface area contributed by atoms with Gasteiger partial charge in [-0.05, 0) is 17.7 Å². The maximum Gasteiger partial charge on any atom is 0.163 e. The van der Waals surface area contributed by atoms with Crippen molar-refractivity contribution in [1.82, 2.24) is 14.9 Å². The maximum atomic E-state index is 9.62. The lowest BCUT2D eigenvalue weighted by Crippen LogP contribution is -2.22. The van der Waals surface area contributed by atoms with Gasteiger partial charge in [0.1, 0.15) is 5.03 Å². The van der Waals surface area contributed by atoms with E-state index in [1.807, 2.05) is 0 Å². The molecule has 2 aliphatic rings. The summed E-state index contributed by atoms with van der Waals surface area (Å²) in [4.78, 5) is 11.8. The number of benzene rings is 1. The van der Waals surface area contributed by atoms with E-state index in [0.29, 0.717) is 19.6 Å². The molecule has 0 saturated carbocycles. The molecule has 0 aliphatic carbocycles. The van der Waals surface area contributed by atoms with Crippen molar-refractivity contribution in [1.29, 1.82) is 0 Å². The molecule has 0 radical (unpaired) electrons. The standard InChI is InChI=1S/C15H16N4O2S.CH4.ClH/c20-11-7-19(8-12(11)21)6-9-1-2-13-10(5-9)18-14-15(22-13)17-4-3-16-14;;/h1-5,11-12,20-21H,6-8H2,(H,16,18);1H4;1H/t11-,12-;;/m1../s1. The summed E-state index contributed by atoms with van der Waals surface area (Å²) in [7, 11) is 0. The number of anilines is 2. The lowest BCUT2D eigenvalue weighted by molar-refractivity contribution is 0.0572. The summed E-state index contributed by atoms with van der Waals surface area (Å²) >= 11 is 1.61. The summed E-state index contributed by atoms with van der Waals surface area (Å²) in [5.74, 6) is 0.782. The fourth-order valence-corrected chi connectivity index (χ4v) is 3.69. The largest absolute Gasteiger partial charge is 0.389 e. The van der Waals surface area contributed by atoms with E-state index < -0.39 is 12.2 Å². The molecule has 4 rings (SSSR count). The van der Waals surface area contributed by atoms with Gasteiger partial charge < -0.3 is 15.5 Å². The molecular formula is C16H21ClN4O2S. The van der Waals surface area contributed by atoms with Gasteiger partial charge in [-0.1, -0.05) is 25.3 Å². The molecule has 0 amide bonds. The Morgan fingerprint density at radius 1 is 1.17 bits per heavy atom. The molecule has 8 heteroatoms. The number of likely N-dealkylation sites (tertiary alicyclic amines) is 1. The number of β-amino-alcohol motifs (C(OH)–C–C–N with tert-alkyl or cyclic N) is 2. The Labute approximate surface area is 151 Å². The predicted molar refractivity (Wildman–Crippen MR) is 97.1 cm³/mol. The second-order valence-electron chi connectivity index (χ2n) is 5.60. The first-order valence-electron chi connectivity index (χ1n) is 7.16. The molecule has 130 valence electrons. The van der Waals surface area contributed by atoms with Crippen LogP contribution in [-0.4, -0.2) is 50.4 Å².